The quantitative estimate of drug-likeness (QED) is 0.174. The molecule has 0 spiro atoms. The van der Waals surface area contributed by atoms with Crippen LogP contribution in [-0.4, -0.2) is 0 Å². The second-order valence-electron chi connectivity index (χ2n) is 14.6. The fourth-order valence-electron chi connectivity index (χ4n) is 8.28. The molecule has 1 heterocycles. The van der Waals surface area contributed by atoms with E-state index >= 15 is 0 Å². The van der Waals surface area contributed by atoms with E-state index in [1.807, 2.05) is 12.1 Å². The lowest BCUT2D eigenvalue weighted by molar-refractivity contribution is 0.660. The first-order chi connectivity index (χ1) is 26.0. The molecule has 0 bridgehead atoms. The van der Waals surface area contributed by atoms with Crippen LogP contribution in [0.2, 0.25) is 0 Å². The van der Waals surface area contributed by atoms with Crippen molar-refractivity contribution in [3.05, 3.63) is 199 Å². The van der Waals surface area contributed by atoms with E-state index in [-0.39, 0.29) is 5.41 Å². The molecule has 0 atom stereocenters. The van der Waals surface area contributed by atoms with E-state index in [0.717, 1.165) is 39.0 Å². The normalized spacial score (nSPS) is 12.9. The lowest BCUT2D eigenvalue weighted by Gasteiger charge is -2.28. The van der Waals surface area contributed by atoms with Gasteiger partial charge in [-0.15, -0.1) is 0 Å². The van der Waals surface area contributed by atoms with E-state index in [1.165, 1.54) is 55.6 Å². The van der Waals surface area contributed by atoms with Gasteiger partial charge in [0, 0.05) is 33.2 Å². The predicted octanol–water partition coefficient (Wildman–Crippen LogP) is 14.4. The Bertz CT molecular complexity index is 2770. The van der Waals surface area contributed by atoms with Gasteiger partial charge in [0.2, 0.25) is 0 Å². The maximum atomic E-state index is 6.07. The first-order valence-corrected chi connectivity index (χ1v) is 18.3. The Morgan fingerprint density at radius 3 is 1.55 bits per heavy atom. The minimum absolute atomic E-state index is 0.0845. The highest BCUT2D eigenvalue weighted by Gasteiger charge is 2.35. The molecule has 0 aliphatic heterocycles. The molecule has 1 aliphatic carbocycles. The Morgan fingerprint density at radius 1 is 0.358 bits per heavy atom. The van der Waals surface area contributed by atoms with Gasteiger partial charge >= 0.3 is 0 Å². The number of benzene rings is 8. The molecule has 8 aromatic carbocycles. The van der Waals surface area contributed by atoms with Crippen molar-refractivity contribution in [2.45, 2.75) is 19.3 Å². The summed E-state index contributed by atoms with van der Waals surface area (Å²) in [5.41, 5.74) is 17.7. The van der Waals surface area contributed by atoms with Crippen molar-refractivity contribution in [2.75, 3.05) is 4.90 Å². The molecule has 0 saturated carbocycles. The van der Waals surface area contributed by atoms with Gasteiger partial charge in [0.25, 0.3) is 0 Å². The highest BCUT2D eigenvalue weighted by molar-refractivity contribution is 6.06. The maximum Gasteiger partial charge on any atom is 0.135 e. The molecule has 10 rings (SSSR count). The molecule has 1 aliphatic rings. The molecule has 53 heavy (non-hydrogen) atoms. The summed E-state index contributed by atoms with van der Waals surface area (Å²) in [5.74, 6) is 0. The van der Waals surface area contributed by atoms with Gasteiger partial charge in [-0.3, -0.25) is 0 Å². The van der Waals surface area contributed by atoms with E-state index in [1.54, 1.807) is 0 Å². The van der Waals surface area contributed by atoms with Crippen LogP contribution in [0.1, 0.15) is 25.0 Å². The Kier molecular flexibility index (Phi) is 7.19. The average molecular weight is 680 g/mol. The summed E-state index contributed by atoms with van der Waals surface area (Å²) in [5, 5.41) is 2.30. The van der Waals surface area contributed by atoms with Crippen molar-refractivity contribution in [1.29, 1.82) is 0 Å². The zero-order chi connectivity index (χ0) is 35.5. The second kappa shape index (κ2) is 12.3. The van der Waals surface area contributed by atoms with Crippen molar-refractivity contribution < 1.29 is 4.42 Å². The number of rotatable bonds is 6. The molecule has 0 saturated heterocycles. The Balaban J connectivity index is 0.999. The molecule has 2 heteroatoms. The van der Waals surface area contributed by atoms with Gasteiger partial charge < -0.3 is 9.32 Å². The highest BCUT2D eigenvalue weighted by atomic mass is 16.3. The standard InChI is InChI=1S/C51H37NO/c1-51(2)47-14-8-6-12-43(47)44-30-29-42(33-48(44)51)52(40-25-20-36(21-26-40)34-10-4-3-5-11-34)41-27-22-37(23-28-41)35-16-18-38(19-17-35)39-24-31-50-46(32-39)45-13-7-9-15-49(45)53-50/h3-33H,1-2H3. The monoisotopic (exact) mass is 679 g/mol. The van der Waals surface area contributed by atoms with Gasteiger partial charge in [0.15, 0.2) is 0 Å². The van der Waals surface area contributed by atoms with Crippen LogP contribution < -0.4 is 4.90 Å². The van der Waals surface area contributed by atoms with Crippen molar-refractivity contribution in [3.63, 3.8) is 0 Å². The number of anilines is 3. The maximum absolute atomic E-state index is 6.07. The van der Waals surface area contributed by atoms with Gasteiger partial charge in [-0.1, -0.05) is 147 Å². The number of para-hydroxylation sites is 1. The van der Waals surface area contributed by atoms with Gasteiger partial charge in [-0.05, 0) is 110 Å². The fourth-order valence-corrected chi connectivity index (χ4v) is 8.28. The third kappa shape index (κ3) is 5.26. The van der Waals surface area contributed by atoms with E-state index < -0.39 is 0 Å². The van der Waals surface area contributed by atoms with Crippen LogP contribution in [0.5, 0.6) is 0 Å². The minimum atomic E-state index is -0.0845. The summed E-state index contributed by atoms with van der Waals surface area (Å²) in [6.45, 7) is 4.69. The third-order valence-electron chi connectivity index (χ3n) is 11.1. The molecule has 252 valence electrons. The van der Waals surface area contributed by atoms with Crippen LogP contribution in [0.4, 0.5) is 17.1 Å². The molecule has 0 amide bonds. The molecule has 0 radical (unpaired) electrons. The van der Waals surface area contributed by atoms with Gasteiger partial charge in [0.1, 0.15) is 11.2 Å². The number of nitrogens with zero attached hydrogens (tertiary/aromatic N) is 1. The van der Waals surface area contributed by atoms with Crippen molar-refractivity contribution in [2.24, 2.45) is 0 Å². The molecule has 9 aromatic rings. The van der Waals surface area contributed by atoms with Crippen LogP contribution in [0.25, 0.3) is 66.4 Å². The van der Waals surface area contributed by atoms with Gasteiger partial charge in [-0.25, -0.2) is 0 Å². The van der Waals surface area contributed by atoms with Gasteiger partial charge in [0.05, 0.1) is 0 Å². The lowest BCUT2D eigenvalue weighted by atomic mass is 9.82. The van der Waals surface area contributed by atoms with Gasteiger partial charge in [-0.2, -0.15) is 0 Å². The van der Waals surface area contributed by atoms with Crippen LogP contribution in [0, 0.1) is 0 Å². The second-order valence-corrected chi connectivity index (χ2v) is 14.6. The molecule has 0 N–H and O–H groups in total. The average Bonchev–Trinajstić information content (AvgIpc) is 3.70. The Labute approximate surface area is 310 Å². The van der Waals surface area contributed by atoms with E-state index in [9.17, 15) is 0 Å². The number of fused-ring (bicyclic) bond motifs is 6. The first kappa shape index (κ1) is 31.1. The van der Waals surface area contributed by atoms with Crippen molar-refractivity contribution in [3.8, 4) is 44.5 Å². The van der Waals surface area contributed by atoms with Crippen molar-refractivity contribution >= 4 is 39.0 Å². The van der Waals surface area contributed by atoms with Crippen LogP contribution >= 0.6 is 0 Å². The summed E-state index contributed by atoms with van der Waals surface area (Å²) in [7, 11) is 0. The van der Waals surface area contributed by atoms with Crippen LogP contribution in [-0.2, 0) is 5.41 Å². The summed E-state index contributed by atoms with van der Waals surface area (Å²) < 4.78 is 6.07. The summed E-state index contributed by atoms with van der Waals surface area (Å²) >= 11 is 0. The highest BCUT2D eigenvalue weighted by Crippen LogP contribution is 2.50. The Hall–Kier alpha value is -6.64. The zero-order valence-corrected chi connectivity index (χ0v) is 29.8. The summed E-state index contributed by atoms with van der Waals surface area (Å²) in [6.07, 6.45) is 0. The number of furan rings is 1. The molecule has 2 nitrogen and oxygen atoms in total. The smallest absolute Gasteiger partial charge is 0.135 e. The lowest BCUT2D eigenvalue weighted by Crippen LogP contribution is -2.16. The number of hydrogen-bond donors (Lipinski definition) is 0. The fraction of sp³-hybridized carbons (Fsp3) is 0.0588. The zero-order valence-electron chi connectivity index (χ0n) is 29.8. The first-order valence-electron chi connectivity index (χ1n) is 18.3. The number of hydrogen-bond acceptors (Lipinski definition) is 2. The van der Waals surface area contributed by atoms with E-state index in [2.05, 4.69) is 195 Å². The van der Waals surface area contributed by atoms with Crippen molar-refractivity contribution in [1.82, 2.24) is 0 Å². The SMILES string of the molecule is CC1(C)c2ccccc2-c2ccc(N(c3ccc(-c4ccccc4)cc3)c3ccc(-c4ccc(-c5ccc6oc7ccccc7c6c5)cc4)cc3)cc21. The summed E-state index contributed by atoms with van der Waals surface area (Å²) in [4.78, 5) is 2.39. The third-order valence-corrected chi connectivity index (χ3v) is 11.1. The largest absolute Gasteiger partial charge is 0.456 e. The van der Waals surface area contributed by atoms with E-state index in [4.69, 9.17) is 4.42 Å². The van der Waals surface area contributed by atoms with Crippen LogP contribution in [0.3, 0.4) is 0 Å². The molecule has 0 fully saturated rings. The molecular weight excluding hydrogens is 643 g/mol. The molecule has 1 aromatic heterocycles. The molecular formula is C51H37NO. The van der Waals surface area contributed by atoms with E-state index in [0.29, 0.717) is 0 Å². The minimum Gasteiger partial charge on any atom is -0.456 e. The predicted molar refractivity (Wildman–Crippen MR) is 222 cm³/mol. The molecule has 0 unspecified atom stereocenters. The Morgan fingerprint density at radius 2 is 0.849 bits per heavy atom. The van der Waals surface area contributed by atoms with Crippen LogP contribution in [0.15, 0.2) is 192 Å². The summed E-state index contributed by atoms with van der Waals surface area (Å²) in [6, 6.07) is 67.9. The topological polar surface area (TPSA) is 16.4 Å².